The van der Waals surface area contributed by atoms with Crippen LogP contribution in [-0.4, -0.2) is 90.9 Å². The number of sulfonamides is 1. The summed E-state index contributed by atoms with van der Waals surface area (Å²) >= 11 is 0. The van der Waals surface area contributed by atoms with Crippen LogP contribution in [0.4, 0.5) is 4.79 Å². The number of methoxy groups -OCH3 is 1. The number of carbonyl (C=O) groups is 4. The molecule has 308 valence electrons. The number of rotatable bonds is 13. The lowest BCUT2D eigenvalue weighted by atomic mass is 10.0. The minimum atomic E-state index is -3.92. The first-order valence-electron chi connectivity index (χ1n) is 20.0. The van der Waals surface area contributed by atoms with Gasteiger partial charge in [0.05, 0.1) is 24.4 Å². The van der Waals surface area contributed by atoms with Crippen LogP contribution >= 0.6 is 0 Å². The second kappa shape index (κ2) is 15.1. The van der Waals surface area contributed by atoms with Gasteiger partial charge in [0.25, 0.3) is 5.91 Å². The van der Waals surface area contributed by atoms with Crippen molar-refractivity contribution in [3.8, 4) is 11.5 Å². The fourth-order valence-electron chi connectivity index (χ4n) is 8.32. The fraction of sp³-hybridized carbons (Fsp3) is 0.500. The smallest absolute Gasteiger partial charge is 0.408 e. The number of pyridine rings is 1. The summed E-state index contributed by atoms with van der Waals surface area (Å²) in [4.78, 5) is 62.2. The molecule has 15 nitrogen and oxygen atoms in total. The SMILES string of the molecule is C=C[C@@H]1C[C@]1(NC(=O)[C@@H]1C[C@@H](Oc2c3ccc(OC)cc3nc3c2oc2ccc(C)cc23)CN1C(=O)[C@@H](NC(=O)OC1CCCC1)C(C)C)C(=O)NS(=O)(=O)C1CC1. The van der Waals surface area contributed by atoms with E-state index in [2.05, 4.69) is 21.9 Å². The van der Waals surface area contributed by atoms with Gasteiger partial charge in [-0.25, -0.2) is 18.2 Å². The quantitative estimate of drug-likeness (QED) is 0.151. The van der Waals surface area contributed by atoms with Crippen molar-refractivity contribution in [2.24, 2.45) is 11.8 Å². The minimum Gasteiger partial charge on any atom is -0.497 e. The van der Waals surface area contributed by atoms with Gasteiger partial charge >= 0.3 is 6.09 Å². The van der Waals surface area contributed by atoms with Crippen LogP contribution in [0.1, 0.15) is 70.8 Å². The van der Waals surface area contributed by atoms with Crippen LogP contribution in [-0.2, 0) is 29.1 Å². The second-order valence-electron chi connectivity index (χ2n) is 16.4. The van der Waals surface area contributed by atoms with Crippen LogP contribution in [0, 0.1) is 18.8 Å². The molecule has 4 amide bonds. The van der Waals surface area contributed by atoms with E-state index in [4.69, 9.17) is 23.6 Å². The van der Waals surface area contributed by atoms with Gasteiger partial charge in [-0.2, -0.15) is 0 Å². The summed E-state index contributed by atoms with van der Waals surface area (Å²) < 4.78 is 52.1. The lowest BCUT2D eigenvalue weighted by molar-refractivity contribution is -0.141. The molecule has 3 N–H and O–H groups in total. The first-order chi connectivity index (χ1) is 27.7. The minimum absolute atomic E-state index is 0.00740. The summed E-state index contributed by atoms with van der Waals surface area (Å²) in [5.74, 6) is -2.05. The maximum atomic E-state index is 14.6. The van der Waals surface area contributed by atoms with Crippen molar-refractivity contribution in [2.75, 3.05) is 13.7 Å². The lowest BCUT2D eigenvalue weighted by Crippen LogP contribution is -2.59. The van der Waals surface area contributed by atoms with Crippen LogP contribution in [0.2, 0.25) is 0 Å². The highest BCUT2D eigenvalue weighted by atomic mass is 32.2. The van der Waals surface area contributed by atoms with E-state index in [-0.39, 0.29) is 25.5 Å². The summed E-state index contributed by atoms with van der Waals surface area (Å²) in [6.45, 7) is 9.27. The van der Waals surface area contributed by atoms with Gasteiger partial charge in [0.1, 0.15) is 46.7 Å². The van der Waals surface area contributed by atoms with E-state index in [1.165, 1.54) is 11.0 Å². The van der Waals surface area contributed by atoms with Crippen LogP contribution in [0.15, 0.2) is 53.5 Å². The number of likely N-dealkylation sites (tertiary alicyclic amines) is 1. The zero-order valence-electron chi connectivity index (χ0n) is 33.0. The molecule has 58 heavy (non-hydrogen) atoms. The maximum Gasteiger partial charge on any atom is 0.408 e. The topological polar surface area (TPSA) is 195 Å². The third-order valence-corrected chi connectivity index (χ3v) is 13.7. The number of aryl methyl sites for hydroxylation is 1. The molecule has 0 spiro atoms. The molecular formula is C42H49N5O10S. The number of nitrogens with one attached hydrogen (secondary N) is 3. The summed E-state index contributed by atoms with van der Waals surface area (Å²) in [7, 11) is -2.36. The van der Waals surface area contributed by atoms with E-state index in [1.54, 1.807) is 33.1 Å². The first-order valence-corrected chi connectivity index (χ1v) is 21.5. The molecule has 0 unspecified atom stereocenters. The third kappa shape index (κ3) is 7.42. The molecule has 1 aliphatic heterocycles. The molecule has 2 aromatic carbocycles. The molecule has 4 aromatic rings. The van der Waals surface area contributed by atoms with Gasteiger partial charge in [-0.3, -0.25) is 19.1 Å². The van der Waals surface area contributed by atoms with Gasteiger partial charge < -0.3 is 34.2 Å². The molecule has 1 saturated heterocycles. The van der Waals surface area contributed by atoms with Crippen molar-refractivity contribution < 1.29 is 46.2 Å². The Labute approximate surface area is 336 Å². The van der Waals surface area contributed by atoms with Crippen molar-refractivity contribution in [1.82, 2.24) is 25.2 Å². The predicted molar refractivity (Wildman–Crippen MR) is 215 cm³/mol. The van der Waals surface area contributed by atoms with Gasteiger partial charge in [-0.1, -0.05) is 31.6 Å². The fourth-order valence-corrected chi connectivity index (χ4v) is 9.68. The first kappa shape index (κ1) is 39.4. The Morgan fingerprint density at radius 2 is 1.79 bits per heavy atom. The second-order valence-corrected chi connectivity index (χ2v) is 18.4. The summed E-state index contributed by atoms with van der Waals surface area (Å²) in [5.41, 5.74) is 1.57. The monoisotopic (exact) mass is 815 g/mol. The molecule has 2 aromatic heterocycles. The Morgan fingerprint density at radius 3 is 2.47 bits per heavy atom. The molecule has 0 bridgehead atoms. The summed E-state index contributed by atoms with van der Waals surface area (Å²) in [6.07, 6.45) is 4.21. The van der Waals surface area contributed by atoms with Crippen molar-refractivity contribution in [3.63, 3.8) is 0 Å². The lowest BCUT2D eigenvalue weighted by Gasteiger charge is -2.31. The largest absolute Gasteiger partial charge is 0.497 e. The number of furan rings is 1. The average molecular weight is 816 g/mol. The average Bonchev–Trinajstić information content (AvgIpc) is 4.02. The number of hydrogen-bond acceptors (Lipinski definition) is 11. The standard InChI is InChI=1S/C42H49N5O10S/c1-6-24-20-42(24,40(50)46-58(52,53)28-13-14-28)45-38(48)32-19-27(21-47(32)39(49)34(22(2)3)44-41(51)56-25-9-7-8-10-25)55-36-29-15-12-26(54-5)18-31(29)43-35-30-17-23(4)11-16-33(30)57-37(35)36/h6,11-12,15-18,22,24-25,27-28,32,34H,1,7-10,13-14,19-21H2,2-5H3,(H,44,51)(H,45,48)(H,46,50)/t24-,27-,32+,34+,42-/m1/s1. The van der Waals surface area contributed by atoms with Crippen molar-refractivity contribution in [3.05, 3.63) is 54.6 Å². The highest BCUT2D eigenvalue weighted by Crippen LogP contribution is 2.46. The number of hydrogen-bond donors (Lipinski definition) is 3. The van der Waals surface area contributed by atoms with Crippen LogP contribution < -0.4 is 24.8 Å². The molecule has 3 saturated carbocycles. The number of fused-ring (bicyclic) bond motifs is 4. The number of amides is 4. The van der Waals surface area contributed by atoms with E-state index in [0.717, 1.165) is 36.6 Å². The number of carbonyl (C=O) groups excluding carboxylic acids is 4. The number of ether oxygens (including phenoxy) is 3. The molecule has 8 rings (SSSR count). The van der Waals surface area contributed by atoms with E-state index >= 15 is 0 Å². The number of alkyl carbamates (subject to hydrolysis) is 1. The zero-order chi connectivity index (χ0) is 41.1. The zero-order valence-corrected chi connectivity index (χ0v) is 33.9. The van der Waals surface area contributed by atoms with Crippen molar-refractivity contribution in [1.29, 1.82) is 0 Å². The predicted octanol–water partition coefficient (Wildman–Crippen LogP) is 5.16. The van der Waals surface area contributed by atoms with Crippen LogP contribution in [0.5, 0.6) is 11.5 Å². The van der Waals surface area contributed by atoms with E-state index in [1.807, 2.05) is 31.2 Å². The summed E-state index contributed by atoms with van der Waals surface area (Å²) in [6, 6.07) is 8.92. The molecule has 16 heteroatoms. The van der Waals surface area contributed by atoms with Gasteiger partial charge in [0, 0.05) is 29.2 Å². The Balaban J connectivity index is 1.13. The van der Waals surface area contributed by atoms with Gasteiger partial charge in [0.15, 0.2) is 11.3 Å². The molecule has 3 heterocycles. The van der Waals surface area contributed by atoms with Crippen molar-refractivity contribution >= 4 is 66.8 Å². The molecular weight excluding hydrogens is 767 g/mol. The van der Waals surface area contributed by atoms with Gasteiger partial charge in [0.2, 0.25) is 21.8 Å². The van der Waals surface area contributed by atoms with Gasteiger partial charge in [-0.05, 0) is 82.1 Å². The van der Waals surface area contributed by atoms with Crippen LogP contribution in [0.25, 0.3) is 33.0 Å². The molecule has 4 aliphatic rings. The van der Waals surface area contributed by atoms with Crippen molar-refractivity contribution in [2.45, 2.75) is 107 Å². The summed E-state index contributed by atoms with van der Waals surface area (Å²) in [5, 5.41) is 6.33. The van der Waals surface area contributed by atoms with Gasteiger partial charge in [-0.15, -0.1) is 6.58 Å². The Bertz CT molecular complexity index is 2440. The molecule has 4 fully saturated rings. The molecule has 0 radical (unpaired) electrons. The van der Waals surface area contributed by atoms with E-state index < -0.39 is 74.7 Å². The number of nitrogens with zero attached hydrogens (tertiary/aromatic N) is 2. The molecule has 5 atom stereocenters. The van der Waals surface area contributed by atoms with E-state index in [0.29, 0.717) is 51.9 Å². The normalized spacial score (nSPS) is 23.9. The highest BCUT2D eigenvalue weighted by Gasteiger charge is 2.62. The van der Waals surface area contributed by atoms with E-state index in [9.17, 15) is 27.6 Å². The third-order valence-electron chi connectivity index (χ3n) is 11.9. The van der Waals surface area contributed by atoms with Crippen LogP contribution in [0.3, 0.4) is 0 Å². The Hall–Kier alpha value is -5.38. The number of benzene rings is 2. The maximum absolute atomic E-state index is 14.6. The number of aromatic nitrogens is 1. The Kier molecular flexibility index (Phi) is 10.3. The Morgan fingerprint density at radius 1 is 1.03 bits per heavy atom. The highest BCUT2D eigenvalue weighted by molar-refractivity contribution is 7.91. The molecule has 3 aliphatic carbocycles.